The molecule has 8 heteroatoms. The van der Waals surface area contributed by atoms with Gasteiger partial charge in [0.25, 0.3) is 0 Å². The van der Waals surface area contributed by atoms with Crippen molar-refractivity contribution in [2.24, 2.45) is 0 Å². The van der Waals surface area contributed by atoms with Gasteiger partial charge in [-0.25, -0.2) is 0 Å². The number of hydrazine groups is 2. The largest absolute Gasteiger partial charge is 0.851 e. The van der Waals surface area contributed by atoms with E-state index in [9.17, 15) is 19.8 Å². The first-order chi connectivity index (χ1) is 8.38. The van der Waals surface area contributed by atoms with Crippen LogP contribution in [0.5, 0.6) is 0 Å². The Morgan fingerprint density at radius 2 is 1.61 bits per heavy atom. The third kappa shape index (κ3) is 5.25. The van der Waals surface area contributed by atoms with Gasteiger partial charge in [0, 0.05) is 0 Å². The van der Waals surface area contributed by atoms with Crippen LogP contribution in [0.3, 0.4) is 0 Å². The summed E-state index contributed by atoms with van der Waals surface area (Å²) >= 11 is 0. The number of benzene rings is 1. The molecule has 0 heterocycles. The molecule has 0 aliphatic carbocycles. The fraction of sp³-hybridized carbons (Fsp3) is 0.200. The zero-order chi connectivity index (χ0) is 13.6. The predicted molar refractivity (Wildman–Crippen MR) is 57.9 cm³/mol. The Kier molecular flexibility index (Phi) is 4.60. The van der Waals surface area contributed by atoms with Crippen molar-refractivity contribution in [1.82, 2.24) is 16.3 Å². The zero-order valence-corrected chi connectivity index (χ0v) is 9.52. The summed E-state index contributed by atoms with van der Waals surface area (Å²) in [4.78, 5) is 22.3. The van der Waals surface area contributed by atoms with E-state index in [0.29, 0.717) is 5.69 Å². The van der Waals surface area contributed by atoms with E-state index in [0.717, 1.165) is 6.92 Å². The number of carbonyl (C=O) groups excluding carboxylic acids is 2. The molecule has 8 nitrogen and oxygen atoms in total. The molecule has 98 valence electrons. The maximum Gasteiger partial charge on any atom is 0.328 e. The molecule has 0 atom stereocenters. The lowest BCUT2D eigenvalue weighted by Gasteiger charge is -2.44. The molecule has 1 aromatic rings. The minimum absolute atomic E-state index is 0.573. The van der Waals surface area contributed by atoms with Crippen molar-refractivity contribution in [2.75, 3.05) is 5.43 Å². The van der Waals surface area contributed by atoms with Crippen molar-refractivity contribution in [1.29, 1.82) is 0 Å². The predicted octanol–water partition coefficient (Wildman–Crippen LogP) is -2.86. The van der Waals surface area contributed by atoms with E-state index in [-0.39, 0.29) is 0 Å². The average Bonchev–Trinajstić information content (AvgIpc) is 2.33. The summed E-state index contributed by atoms with van der Waals surface area (Å²) in [6.45, 7) is 0.757. The molecule has 1 rings (SSSR count). The van der Waals surface area contributed by atoms with E-state index >= 15 is 0 Å². The molecule has 0 saturated carbocycles. The number of anilines is 1. The van der Waals surface area contributed by atoms with Gasteiger partial charge >= 0.3 is 11.8 Å². The van der Waals surface area contributed by atoms with Crippen LogP contribution in [-0.4, -0.2) is 17.7 Å². The van der Waals surface area contributed by atoms with Gasteiger partial charge in [0.15, 0.2) is 0 Å². The molecule has 0 aliphatic heterocycles. The number of hydrogen-bond donors (Lipinski definition) is 4. The molecule has 0 aromatic heterocycles. The first-order valence-electron chi connectivity index (χ1n) is 4.98. The van der Waals surface area contributed by atoms with E-state index in [2.05, 4.69) is 10.9 Å². The lowest BCUT2D eigenvalue weighted by molar-refractivity contribution is -0.725. The fourth-order valence-electron chi connectivity index (χ4n) is 0.934. The summed E-state index contributed by atoms with van der Waals surface area (Å²) in [7, 11) is 0. The van der Waals surface area contributed by atoms with Gasteiger partial charge in [-0.15, -0.1) is 5.91 Å². The number of rotatable bonds is 4. The second-order valence-corrected chi connectivity index (χ2v) is 3.47. The molecule has 0 unspecified atom stereocenters. The third-order valence-corrected chi connectivity index (χ3v) is 1.70. The minimum atomic E-state index is -2.80. The van der Waals surface area contributed by atoms with Gasteiger partial charge in [-0.3, -0.25) is 31.3 Å². The van der Waals surface area contributed by atoms with E-state index < -0.39 is 17.7 Å². The van der Waals surface area contributed by atoms with Crippen molar-refractivity contribution in [3.8, 4) is 0 Å². The second kappa shape index (κ2) is 5.96. The summed E-state index contributed by atoms with van der Waals surface area (Å²) in [5.41, 5.74) is 8.44. The quantitative estimate of drug-likeness (QED) is 0.259. The van der Waals surface area contributed by atoms with Crippen molar-refractivity contribution >= 4 is 17.5 Å². The van der Waals surface area contributed by atoms with Gasteiger partial charge in [-0.1, -0.05) is 25.1 Å². The Balaban J connectivity index is 2.35. The van der Waals surface area contributed by atoms with Gasteiger partial charge in [0.2, 0.25) is 0 Å². The van der Waals surface area contributed by atoms with Crippen LogP contribution in [0.4, 0.5) is 5.69 Å². The van der Waals surface area contributed by atoms with Crippen LogP contribution in [0.15, 0.2) is 30.3 Å². The monoisotopic (exact) mass is 252 g/mol. The first kappa shape index (κ1) is 13.9. The highest BCUT2D eigenvalue weighted by molar-refractivity contribution is 6.35. The lowest BCUT2D eigenvalue weighted by Crippen LogP contribution is -2.69. The molecule has 0 bridgehead atoms. The molecular weight excluding hydrogens is 240 g/mol. The summed E-state index contributed by atoms with van der Waals surface area (Å²) in [6, 6.07) is 8.59. The Morgan fingerprint density at radius 3 is 2.17 bits per heavy atom. The maximum atomic E-state index is 11.2. The Labute approximate surface area is 103 Å². The van der Waals surface area contributed by atoms with Crippen molar-refractivity contribution in [2.45, 2.75) is 12.8 Å². The molecule has 0 radical (unpaired) electrons. The summed E-state index contributed by atoms with van der Waals surface area (Å²) in [6.07, 6.45) is 0. The SMILES string of the molecule is CC([O-])([O-])NNC(=O)C(=O)NNc1ccccc1. The normalized spacial score (nSPS) is 10.6. The summed E-state index contributed by atoms with van der Waals surface area (Å²) in [5, 5.41) is 21.2. The third-order valence-electron chi connectivity index (χ3n) is 1.70. The van der Waals surface area contributed by atoms with Gasteiger partial charge in [-0.2, -0.15) is 0 Å². The number of carbonyl (C=O) groups is 2. The van der Waals surface area contributed by atoms with Crippen molar-refractivity contribution in [3.05, 3.63) is 30.3 Å². The van der Waals surface area contributed by atoms with Crippen LogP contribution in [0.1, 0.15) is 6.92 Å². The molecular formula is C10H12N4O4-2. The molecule has 18 heavy (non-hydrogen) atoms. The zero-order valence-electron chi connectivity index (χ0n) is 9.52. The molecule has 4 N–H and O–H groups in total. The molecule has 2 amide bonds. The molecule has 0 aliphatic rings. The van der Waals surface area contributed by atoms with E-state index in [1.807, 2.05) is 0 Å². The molecule has 0 fully saturated rings. The number of nitrogens with one attached hydrogen (secondary N) is 4. The van der Waals surface area contributed by atoms with Gasteiger partial charge in [0.05, 0.1) is 5.69 Å². The molecule has 0 saturated heterocycles. The highest BCUT2D eigenvalue weighted by atomic mass is 16.5. The Morgan fingerprint density at radius 1 is 1.06 bits per heavy atom. The average molecular weight is 252 g/mol. The van der Waals surface area contributed by atoms with Gasteiger partial charge in [-0.05, 0) is 12.1 Å². The molecule has 0 spiro atoms. The van der Waals surface area contributed by atoms with Crippen LogP contribution in [-0.2, 0) is 9.59 Å². The second-order valence-electron chi connectivity index (χ2n) is 3.47. The highest BCUT2D eigenvalue weighted by Gasteiger charge is 2.12. The standard InChI is InChI=1S/C10H12N4O4/c1-10(17,18)14-13-9(16)8(15)12-11-7-5-3-2-4-6-7/h2-6,11,14H,1H3,(H,12,15)(H,13,16)/q-2. The first-order valence-corrected chi connectivity index (χ1v) is 4.98. The van der Waals surface area contributed by atoms with Crippen LogP contribution >= 0.6 is 0 Å². The lowest BCUT2D eigenvalue weighted by atomic mass is 10.3. The smallest absolute Gasteiger partial charge is 0.328 e. The maximum absolute atomic E-state index is 11.2. The minimum Gasteiger partial charge on any atom is -0.851 e. The van der Waals surface area contributed by atoms with E-state index in [4.69, 9.17) is 0 Å². The number of amides is 2. The fourth-order valence-corrected chi connectivity index (χ4v) is 0.934. The number of hydrogen-bond acceptors (Lipinski definition) is 6. The van der Waals surface area contributed by atoms with E-state index in [1.54, 1.807) is 41.2 Å². The number of para-hydroxylation sites is 1. The topological polar surface area (TPSA) is 128 Å². The summed E-state index contributed by atoms with van der Waals surface area (Å²) in [5.74, 6) is -5.00. The van der Waals surface area contributed by atoms with Crippen molar-refractivity contribution < 1.29 is 19.8 Å². The highest BCUT2D eigenvalue weighted by Crippen LogP contribution is 2.02. The van der Waals surface area contributed by atoms with Crippen LogP contribution in [0.2, 0.25) is 0 Å². The van der Waals surface area contributed by atoms with Gasteiger partial charge in [0.1, 0.15) is 0 Å². The van der Waals surface area contributed by atoms with Crippen molar-refractivity contribution in [3.63, 3.8) is 0 Å². The Hall–Kier alpha value is -2.16. The van der Waals surface area contributed by atoms with Gasteiger partial charge < -0.3 is 10.2 Å². The van der Waals surface area contributed by atoms with Crippen LogP contribution in [0.25, 0.3) is 0 Å². The van der Waals surface area contributed by atoms with Crippen LogP contribution < -0.4 is 31.9 Å². The Bertz CT molecular complexity index is 416. The van der Waals surface area contributed by atoms with E-state index in [1.165, 1.54) is 0 Å². The van der Waals surface area contributed by atoms with Crippen LogP contribution in [0, 0.1) is 0 Å². The molecule has 1 aromatic carbocycles. The summed E-state index contributed by atoms with van der Waals surface area (Å²) < 4.78 is 0.